The Labute approximate surface area is 329 Å². The first-order valence-electron chi connectivity index (χ1n) is 21.1. The van der Waals surface area contributed by atoms with E-state index in [0.29, 0.717) is 5.92 Å². The van der Waals surface area contributed by atoms with E-state index in [1.165, 1.54) is 82.0 Å². The summed E-state index contributed by atoms with van der Waals surface area (Å²) in [6.07, 6.45) is 15.1. The highest BCUT2D eigenvalue weighted by molar-refractivity contribution is 7.09. The zero-order chi connectivity index (χ0) is 40.4. The number of carboxylic acids is 1. The molecule has 2 rings (SSSR count). The summed E-state index contributed by atoms with van der Waals surface area (Å²) in [5, 5.41) is 24.2. The highest BCUT2D eigenvalue weighted by Gasteiger charge is 2.51. The molecular formula is C44H81N3O5S. The summed E-state index contributed by atoms with van der Waals surface area (Å²) >= 11 is 1.63. The van der Waals surface area contributed by atoms with Crippen LogP contribution in [0.25, 0.3) is 6.08 Å². The second kappa shape index (κ2) is 24.1. The SMILES string of the molecule is C/C(=C\c1csc(C)n1)[C@@H](N)CC1O[C@]1(C)CCC[C@H](C)[C@H](C)[C@@H](C)C(=O)C(C)(C)[C@@H](O)CC(=O)[O-].CCCC[N+](CCCC)(CCCC)CCCC. The van der Waals surface area contributed by atoms with E-state index < -0.39 is 23.9 Å². The van der Waals surface area contributed by atoms with Crippen molar-refractivity contribution in [2.75, 3.05) is 26.2 Å². The van der Waals surface area contributed by atoms with Gasteiger partial charge in [-0.05, 0) is 77.2 Å². The van der Waals surface area contributed by atoms with Gasteiger partial charge < -0.3 is 30.0 Å². The molecule has 0 spiro atoms. The second-order valence-corrected chi connectivity index (χ2v) is 18.3. The van der Waals surface area contributed by atoms with Crippen molar-refractivity contribution in [3.8, 4) is 0 Å². The molecule has 1 saturated heterocycles. The van der Waals surface area contributed by atoms with E-state index in [1.54, 1.807) is 25.2 Å². The van der Waals surface area contributed by atoms with Gasteiger partial charge in [0.05, 0.1) is 54.7 Å². The molecular weight excluding hydrogens is 683 g/mol. The summed E-state index contributed by atoms with van der Waals surface area (Å²) in [5.41, 5.74) is 7.20. The average Bonchev–Trinajstić information content (AvgIpc) is 3.55. The predicted octanol–water partition coefficient (Wildman–Crippen LogP) is 8.91. The Balaban J connectivity index is 0.000000695. The Bertz CT molecular complexity index is 1190. The van der Waals surface area contributed by atoms with Gasteiger partial charge in [-0.2, -0.15) is 0 Å². The minimum Gasteiger partial charge on any atom is -0.550 e. The van der Waals surface area contributed by atoms with Crippen LogP contribution in [0.15, 0.2) is 11.0 Å². The van der Waals surface area contributed by atoms with E-state index in [0.717, 1.165) is 42.0 Å². The van der Waals surface area contributed by atoms with Gasteiger partial charge in [-0.25, -0.2) is 4.98 Å². The van der Waals surface area contributed by atoms with Crippen molar-refractivity contribution in [3.05, 3.63) is 21.7 Å². The molecule has 8 nitrogen and oxygen atoms in total. The van der Waals surface area contributed by atoms with Crippen LogP contribution in [0.3, 0.4) is 0 Å². The number of carboxylic acid groups (broad SMARTS) is 1. The van der Waals surface area contributed by atoms with Gasteiger partial charge in [-0.3, -0.25) is 4.79 Å². The van der Waals surface area contributed by atoms with Gasteiger partial charge in [-0.15, -0.1) is 11.3 Å². The largest absolute Gasteiger partial charge is 0.550 e. The van der Waals surface area contributed by atoms with E-state index in [1.807, 2.05) is 26.2 Å². The molecule has 3 N–H and O–H groups in total. The molecule has 0 saturated carbocycles. The Morgan fingerprint density at radius 2 is 1.53 bits per heavy atom. The minimum absolute atomic E-state index is 0.0692. The van der Waals surface area contributed by atoms with Crippen molar-refractivity contribution >= 4 is 29.2 Å². The van der Waals surface area contributed by atoms with Crippen LogP contribution in [0.4, 0.5) is 0 Å². The number of aliphatic hydroxyl groups excluding tert-OH is 1. The van der Waals surface area contributed by atoms with Crippen LogP contribution in [0, 0.1) is 30.1 Å². The summed E-state index contributed by atoms with van der Waals surface area (Å²) in [6, 6.07) is -0.0692. The Kier molecular flexibility index (Phi) is 22.4. The molecule has 0 bridgehead atoms. The fourth-order valence-corrected chi connectivity index (χ4v) is 8.16. The molecule has 0 aromatic carbocycles. The van der Waals surface area contributed by atoms with Crippen molar-refractivity contribution in [3.63, 3.8) is 0 Å². The van der Waals surface area contributed by atoms with Crippen molar-refractivity contribution < 1.29 is 29.0 Å². The molecule has 0 amide bonds. The van der Waals surface area contributed by atoms with Crippen LogP contribution < -0.4 is 10.8 Å². The lowest BCUT2D eigenvalue weighted by Gasteiger charge is -2.39. The molecule has 0 radical (unpaired) electrons. The van der Waals surface area contributed by atoms with E-state index >= 15 is 0 Å². The minimum atomic E-state index is -1.35. The molecule has 7 atom stereocenters. The Morgan fingerprint density at radius 1 is 1.02 bits per heavy atom. The maximum Gasteiger partial charge on any atom is 0.144 e. The molecule has 1 fully saturated rings. The van der Waals surface area contributed by atoms with Crippen LogP contribution in [0.1, 0.15) is 170 Å². The number of aryl methyl sites for hydroxylation is 1. The topological polar surface area (TPSA) is 129 Å². The summed E-state index contributed by atoms with van der Waals surface area (Å²) in [6.45, 7) is 30.5. The second-order valence-electron chi connectivity index (χ2n) is 17.3. The number of ether oxygens (including phenoxy) is 1. The lowest BCUT2D eigenvalue weighted by atomic mass is 9.70. The van der Waals surface area contributed by atoms with Gasteiger partial charge in [0.25, 0.3) is 0 Å². The van der Waals surface area contributed by atoms with Crippen molar-refractivity contribution in [1.29, 1.82) is 0 Å². The molecule has 1 aliphatic rings. The molecule has 53 heavy (non-hydrogen) atoms. The zero-order valence-electron chi connectivity index (χ0n) is 36.1. The molecule has 0 aliphatic carbocycles. The van der Waals surface area contributed by atoms with Gasteiger partial charge in [0.1, 0.15) is 5.78 Å². The lowest BCUT2D eigenvalue weighted by Crippen LogP contribution is -2.50. The number of aromatic nitrogens is 1. The number of thiazole rings is 1. The number of quaternary nitrogens is 1. The fourth-order valence-electron chi connectivity index (χ4n) is 7.59. The normalized spacial score (nSPS) is 20.6. The first-order chi connectivity index (χ1) is 24.8. The highest BCUT2D eigenvalue weighted by Crippen LogP contribution is 2.44. The number of epoxide rings is 1. The maximum absolute atomic E-state index is 13.1. The van der Waals surface area contributed by atoms with E-state index in [9.17, 15) is 19.8 Å². The van der Waals surface area contributed by atoms with Crippen LogP contribution in [-0.4, -0.2) is 76.4 Å². The number of unbranched alkanes of at least 4 members (excludes halogenated alkanes) is 4. The van der Waals surface area contributed by atoms with Crippen LogP contribution in [0.5, 0.6) is 0 Å². The number of rotatable bonds is 27. The number of Topliss-reactive ketones (excluding diaryl/α,β-unsaturated/α-hetero) is 1. The first kappa shape index (κ1) is 49.4. The quantitative estimate of drug-likeness (QED) is 0.0677. The van der Waals surface area contributed by atoms with Crippen LogP contribution in [-0.2, 0) is 14.3 Å². The maximum atomic E-state index is 13.1. The number of ketones is 1. The van der Waals surface area contributed by atoms with Crippen LogP contribution >= 0.6 is 11.3 Å². The third-order valence-corrected chi connectivity index (χ3v) is 13.1. The van der Waals surface area contributed by atoms with E-state index in [4.69, 9.17) is 10.5 Å². The monoisotopic (exact) mass is 764 g/mol. The summed E-state index contributed by atoms with van der Waals surface area (Å²) in [4.78, 5) is 28.4. The van der Waals surface area contributed by atoms with Gasteiger partial charge in [0.15, 0.2) is 0 Å². The molecule has 2 heterocycles. The standard InChI is InChI=1S/C28H46N2O5S.C16H36N/c1-16(18(3)19(4)26(34)27(6,7)23(31)14-25(32)33)10-9-11-28(8)24(35-28)13-22(29)17(2)12-21-15-36-20(5)30-21;1-5-9-13-17(14-10-6-2,15-11-7-3)16-12-8-4/h12,15-16,18-19,22-24,31H,9-11,13-14,29H2,1-8H3,(H,32,33);5-16H2,1-4H3/q;+1/p-1/b17-12+;/t16-,18-,19+,22-,23-,24?,28+;/m0./s1. The Hall–Kier alpha value is -1.65. The van der Waals surface area contributed by atoms with Crippen molar-refractivity contribution in [2.45, 2.75) is 190 Å². The van der Waals surface area contributed by atoms with Crippen molar-refractivity contribution in [1.82, 2.24) is 4.98 Å². The summed E-state index contributed by atoms with van der Waals surface area (Å²) in [7, 11) is 0. The summed E-state index contributed by atoms with van der Waals surface area (Å²) < 4.78 is 7.47. The number of nitrogens with zero attached hydrogens (tertiary/aromatic N) is 2. The molecule has 1 aromatic rings. The number of hydrogen-bond acceptors (Lipinski definition) is 8. The Morgan fingerprint density at radius 3 is 1.96 bits per heavy atom. The number of carbonyl (C=O) groups excluding carboxylic acids is 2. The number of hydrogen-bond donors (Lipinski definition) is 2. The smallest absolute Gasteiger partial charge is 0.144 e. The van der Waals surface area contributed by atoms with Gasteiger partial charge >= 0.3 is 0 Å². The highest BCUT2D eigenvalue weighted by atomic mass is 32.1. The number of aliphatic carboxylic acids is 1. The van der Waals surface area contributed by atoms with Crippen molar-refractivity contribution in [2.24, 2.45) is 28.9 Å². The van der Waals surface area contributed by atoms with E-state index in [-0.39, 0.29) is 35.4 Å². The molecule has 9 heteroatoms. The zero-order valence-corrected chi connectivity index (χ0v) is 36.9. The summed E-state index contributed by atoms with van der Waals surface area (Å²) in [5.74, 6) is -1.35. The fraction of sp³-hybridized carbons (Fsp3) is 0.841. The van der Waals surface area contributed by atoms with E-state index in [2.05, 4.69) is 59.5 Å². The molecule has 1 aliphatic heterocycles. The third-order valence-electron chi connectivity index (χ3n) is 12.3. The number of carbonyl (C=O) groups is 2. The van der Waals surface area contributed by atoms with Gasteiger partial charge in [0, 0.05) is 35.1 Å². The predicted molar refractivity (Wildman–Crippen MR) is 221 cm³/mol. The molecule has 1 aromatic heterocycles. The number of nitrogens with two attached hydrogens (primary N) is 1. The number of aliphatic hydroxyl groups is 1. The third kappa shape index (κ3) is 16.9. The molecule has 308 valence electrons. The average molecular weight is 764 g/mol. The van der Waals surface area contributed by atoms with Gasteiger partial charge in [0.2, 0.25) is 0 Å². The lowest BCUT2D eigenvalue weighted by molar-refractivity contribution is -0.929. The molecule has 1 unspecified atom stereocenters. The van der Waals surface area contributed by atoms with Gasteiger partial charge in [-0.1, -0.05) is 106 Å². The van der Waals surface area contributed by atoms with Crippen LogP contribution in [0.2, 0.25) is 0 Å². The first-order valence-corrected chi connectivity index (χ1v) is 22.0.